The fraction of sp³-hybridized carbons (Fsp3) is 0.231. The van der Waals surface area contributed by atoms with Gasteiger partial charge >= 0.3 is 0 Å². The van der Waals surface area contributed by atoms with Crippen molar-refractivity contribution in [3.8, 4) is 0 Å². The van der Waals surface area contributed by atoms with Crippen LogP contribution in [0.5, 0.6) is 0 Å². The van der Waals surface area contributed by atoms with Crippen molar-refractivity contribution in [3.63, 3.8) is 0 Å². The highest BCUT2D eigenvalue weighted by Gasteiger charge is 2.15. The first kappa shape index (κ1) is 15.6. The van der Waals surface area contributed by atoms with Gasteiger partial charge in [0.05, 0.1) is 22.6 Å². The van der Waals surface area contributed by atoms with Crippen LogP contribution in [0.3, 0.4) is 0 Å². The van der Waals surface area contributed by atoms with E-state index in [4.69, 9.17) is 22.4 Å². The summed E-state index contributed by atoms with van der Waals surface area (Å²) in [5.74, 6) is 0.951. The van der Waals surface area contributed by atoms with E-state index in [1.165, 1.54) is 18.3 Å². The lowest BCUT2D eigenvalue weighted by molar-refractivity contribution is 0.463. The van der Waals surface area contributed by atoms with Crippen molar-refractivity contribution in [2.75, 3.05) is 0 Å². The Morgan fingerprint density at radius 1 is 1.38 bits per heavy atom. The molecule has 6 nitrogen and oxygen atoms in total. The number of sulfonamides is 1. The van der Waals surface area contributed by atoms with Gasteiger partial charge in [0.25, 0.3) is 0 Å². The van der Waals surface area contributed by atoms with Gasteiger partial charge < -0.3 is 10.2 Å². The highest BCUT2D eigenvalue weighted by atomic mass is 32.2. The topological polar surface area (TPSA) is 98.2 Å². The van der Waals surface area contributed by atoms with E-state index in [1.807, 2.05) is 0 Å². The lowest BCUT2D eigenvalue weighted by atomic mass is 10.1. The molecule has 0 aliphatic carbocycles. The molecule has 0 unspecified atom stereocenters. The minimum absolute atomic E-state index is 0.00477. The third kappa shape index (κ3) is 4.35. The molecule has 3 N–H and O–H groups in total. The fourth-order valence-corrected chi connectivity index (χ4v) is 2.85. The van der Waals surface area contributed by atoms with Gasteiger partial charge in [-0.05, 0) is 24.6 Å². The maximum atomic E-state index is 12.1. The predicted molar refractivity (Wildman–Crippen MR) is 82.2 cm³/mol. The van der Waals surface area contributed by atoms with Gasteiger partial charge in [-0.3, -0.25) is 0 Å². The van der Waals surface area contributed by atoms with Crippen molar-refractivity contribution in [1.82, 2.24) is 9.71 Å². The second-order valence-electron chi connectivity index (χ2n) is 4.48. The first-order valence-corrected chi connectivity index (χ1v) is 8.04. The number of oxazole rings is 1. The molecule has 1 heterocycles. The van der Waals surface area contributed by atoms with Crippen molar-refractivity contribution < 1.29 is 12.8 Å². The molecule has 112 valence electrons. The zero-order valence-electron chi connectivity index (χ0n) is 11.4. The molecule has 0 saturated carbocycles. The molecule has 0 spiro atoms. The van der Waals surface area contributed by atoms with E-state index >= 15 is 0 Å². The molecule has 0 aliphatic heterocycles. The first-order chi connectivity index (χ1) is 9.87. The second kappa shape index (κ2) is 6.33. The molecular weight excluding hydrogens is 310 g/mol. The predicted octanol–water partition coefficient (Wildman–Crippen LogP) is 1.29. The van der Waals surface area contributed by atoms with Crippen LogP contribution < -0.4 is 10.5 Å². The van der Waals surface area contributed by atoms with Crippen LogP contribution in [0.25, 0.3) is 0 Å². The van der Waals surface area contributed by atoms with Crippen LogP contribution in [-0.4, -0.2) is 18.4 Å². The van der Waals surface area contributed by atoms with Crippen LogP contribution in [0.15, 0.2) is 39.8 Å². The molecular formula is C13H15N3O3S2. The third-order valence-electron chi connectivity index (χ3n) is 2.69. The quantitative estimate of drug-likeness (QED) is 0.777. The first-order valence-electron chi connectivity index (χ1n) is 6.15. The molecule has 2 aromatic rings. The number of thiocarbonyl (C=S) groups is 1. The van der Waals surface area contributed by atoms with Crippen LogP contribution in [-0.2, 0) is 23.0 Å². The average molecular weight is 325 g/mol. The van der Waals surface area contributed by atoms with E-state index in [2.05, 4.69) is 9.71 Å². The van der Waals surface area contributed by atoms with Gasteiger partial charge in [0.1, 0.15) is 5.76 Å². The minimum Gasteiger partial charge on any atom is -0.445 e. The number of aromatic nitrogens is 1. The number of rotatable bonds is 6. The van der Waals surface area contributed by atoms with Crippen molar-refractivity contribution in [3.05, 3.63) is 47.7 Å². The monoisotopic (exact) mass is 325 g/mol. The van der Waals surface area contributed by atoms with E-state index < -0.39 is 10.0 Å². The summed E-state index contributed by atoms with van der Waals surface area (Å²) in [6, 6.07) is 6.39. The Morgan fingerprint density at radius 2 is 2.05 bits per heavy atom. The molecule has 0 bridgehead atoms. The Balaban J connectivity index is 2.06. The number of hydrogen-bond donors (Lipinski definition) is 2. The highest BCUT2D eigenvalue weighted by Crippen LogP contribution is 2.12. The molecule has 2 rings (SSSR count). The fourth-order valence-electron chi connectivity index (χ4n) is 1.71. The van der Waals surface area contributed by atoms with Gasteiger partial charge in [0.2, 0.25) is 15.9 Å². The number of nitrogens with two attached hydrogens (primary N) is 1. The van der Waals surface area contributed by atoms with Gasteiger partial charge in [0, 0.05) is 6.42 Å². The number of nitrogens with zero attached hydrogens (tertiary/aromatic N) is 1. The molecule has 21 heavy (non-hydrogen) atoms. The van der Waals surface area contributed by atoms with Crippen LogP contribution in [0, 0.1) is 6.92 Å². The molecule has 1 aromatic heterocycles. The maximum Gasteiger partial charge on any atom is 0.241 e. The van der Waals surface area contributed by atoms with E-state index in [9.17, 15) is 8.42 Å². The Hall–Kier alpha value is -1.77. The lowest BCUT2D eigenvalue weighted by Crippen LogP contribution is -2.23. The van der Waals surface area contributed by atoms with Gasteiger partial charge in [-0.1, -0.05) is 24.4 Å². The van der Waals surface area contributed by atoms with Gasteiger partial charge in [-0.25, -0.2) is 18.1 Å². The van der Waals surface area contributed by atoms with Crippen molar-refractivity contribution in [2.45, 2.75) is 24.8 Å². The Morgan fingerprint density at radius 3 is 2.57 bits per heavy atom. The van der Waals surface area contributed by atoms with Crippen molar-refractivity contribution in [1.29, 1.82) is 0 Å². The highest BCUT2D eigenvalue weighted by molar-refractivity contribution is 7.89. The smallest absolute Gasteiger partial charge is 0.241 e. The van der Waals surface area contributed by atoms with E-state index in [0.717, 1.165) is 5.56 Å². The Labute approximate surface area is 128 Å². The van der Waals surface area contributed by atoms with Crippen LogP contribution in [0.1, 0.15) is 17.2 Å². The molecule has 0 amide bonds. The minimum atomic E-state index is -3.61. The van der Waals surface area contributed by atoms with Crippen LogP contribution in [0.2, 0.25) is 0 Å². The van der Waals surface area contributed by atoms with Gasteiger partial charge in [-0.15, -0.1) is 0 Å². The standard InChI is InChI=1S/C13H15N3O3S2/c1-9-7-15-13(19-9)8-16-21(17,18)11-4-2-10(3-5-11)6-12(14)20/h2-5,7,16H,6,8H2,1H3,(H2,14,20). The molecule has 0 aliphatic rings. The molecule has 0 saturated heterocycles. The van der Waals surface area contributed by atoms with E-state index in [-0.39, 0.29) is 11.4 Å². The number of hydrogen-bond acceptors (Lipinski definition) is 5. The summed E-state index contributed by atoms with van der Waals surface area (Å²) in [6.07, 6.45) is 1.98. The average Bonchev–Trinajstić information content (AvgIpc) is 2.82. The van der Waals surface area contributed by atoms with Crippen LogP contribution in [0.4, 0.5) is 0 Å². The summed E-state index contributed by atoms with van der Waals surface area (Å²) in [5, 5.41) is 0. The third-order valence-corrected chi connectivity index (χ3v) is 4.26. The van der Waals surface area contributed by atoms with E-state index in [0.29, 0.717) is 23.1 Å². The van der Waals surface area contributed by atoms with Crippen LogP contribution >= 0.6 is 12.2 Å². The Bertz CT molecular complexity index is 736. The lowest BCUT2D eigenvalue weighted by Gasteiger charge is -2.06. The molecule has 8 heteroatoms. The number of nitrogens with one attached hydrogen (secondary N) is 1. The second-order valence-corrected chi connectivity index (χ2v) is 6.77. The maximum absolute atomic E-state index is 12.1. The number of benzene rings is 1. The van der Waals surface area contributed by atoms with Crippen molar-refractivity contribution in [2.24, 2.45) is 5.73 Å². The zero-order valence-corrected chi connectivity index (χ0v) is 13.0. The molecule has 1 aromatic carbocycles. The largest absolute Gasteiger partial charge is 0.445 e. The normalized spacial score (nSPS) is 11.5. The van der Waals surface area contributed by atoms with Gasteiger partial charge in [-0.2, -0.15) is 0 Å². The molecule has 0 fully saturated rings. The SMILES string of the molecule is Cc1cnc(CNS(=O)(=O)c2ccc(CC(N)=S)cc2)o1. The van der Waals surface area contributed by atoms with Gasteiger partial charge in [0.15, 0.2) is 0 Å². The van der Waals surface area contributed by atoms with Crippen molar-refractivity contribution >= 4 is 27.2 Å². The molecule has 0 atom stereocenters. The summed E-state index contributed by atoms with van der Waals surface area (Å²) in [6.45, 7) is 1.75. The summed E-state index contributed by atoms with van der Waals surface area (Å²) in [5.41, 5.74) is 6.31. The zero-order chi connectivity index (χ0) is 15.5. The summed E-state index contributed by atoms with van der Waals surface area (Å²) < 4.78 is 31.9. The summed E-state index contributed by atoms with van der Waals surface area (Å²) in [4.78, 5) is 4.47. The summed E-state index contributed by atoms with van der Waals surface area (Å²) in [7, 11) is -3.61. The van der Waals surface area contributed by atoms with E-state index in [1.54, 1.807) is 19.1 Å². The Kier molecular flexibility index (Phi) is 4.71. The molecule has 0 radical (unpaired) electrons. The number of aryl methyl sites for hydroxylation is 1. The summed E-state index contributed by atoms with van der Waals surface area (Å²) >= 11 is 4.81.